The molecule has 1 heterocycles. The van der Waals surface area contributed by atoms with E-state index in [2.05, 4.69) is 31.4 Å². The normalized spacial score (nSPS) is 10.8. The monoisotopic (exact) mass is 460 g/mol. The molecule has 0 bridgehead atoms. The summed E-state index contributed by atoms with van der Waals surface area (Å²) in [6.45, 7) is 3.14. The molecule has 6 nitrogen and oxygen atoms in total. The first kappa shape index (κ1) is 20.6. The number of benzene rings is 2. The van der Waals surface area contributed by atoms with Crippen LogP contribution in [0.3, 0.4) is 0 Å². The number of carbonyl (C=O) groups is 1. The van der Waals surface area contributed by atoms with Crippen molar-refractivity contribution in [2.45, 2.75) is 18.6 Å². The summed E-state index contributed by atoms with van der Waals surface area (Å²) >= 11 is 4.82. The summed E-state index contributed by atoms with van der Waals surface area (Å²) in [7, 11) is 1.66. The average molecular weight is 461 g/mol. The van der Waals surface area contributed by atoms with E-state index >= 15 is 0 Å². The van der Waals surface area contributed by atoms with Crippen LogP contribution in [0.2, 0.25) is 0 Å². The van der Waals surface area contributed by atoms with Crippen molar-refractivity contribution in [2.24, 2.45) is 0 Å². The van der Waals surface area contributed by atoms with Gasteiger partial charge >= 0.3 is 0 Å². The van der Waals surface area contributed by atoms with Gasteiger partial charge in [-0.1, -0.05) is 58.0 Å². The molecule has 0 fully saturated rings. The van der Waals surface area contributed by atoms with Crippen LogP contribution in [-0.4, -0.2) is 40.1 Å². The number of hydrogen-bond donors (Lipinski definition) is 1. The molecule has 8 heteroatoms. The van der Waals surface area contributed by atoms with Gasteiger partial charge in [0.1, 0.15) is 0 Å². The van der Waals surface area contributed by atoms with Crippen molar-refractivity contribution in [3.63, 3.8) is 0 Å². The van der Waals surface area contributed by atoms with Crippen LogP contribution in [-0.2, 0) is 16.1 Å². The fourth-order valence-electron chi connectivity index (χ4n) is 2.63. The average Bonchev–Trinajstić information content (AvgIpc) is 3.11. The van der Waals surface area contributed by atoms with Gasteiger partial charge in [-0.3, -0.25) is 9.36 Å². The van der Waals surface area contributed by atoms with E-state index in [1.165, 1.54) is 11.8 Å². The molecule has 0 radical (unpaired) electrons. The van der Waals surface area contributed by atoms with Gasteiger partial charge in [-0.05, 0) is 30.7 Å². The van der Waals surface area contributed by atoms with Crippen LogP contribution in [0.15, 0.2) is 58.2 Å². The maximum Gasteiger partial charge on any atom is 0.234 e. The molecule has 0 saturated carbocycles. The highest BCUT2D eigenvalue weighted by Crippen LogP contribution is 2.24. The fraction of sp³-hybridized carbons (Fsp3) is 0.250. The van der Waals surface area contributed by atoms with Gasteiger partial charge in [0.05, 0.1) is 18.9 Å². The number of thioether (sulfide) groups is 1. The first-order valence-corrected chi connectivity index (χ1v) is 10.5. The summed E-state index contributed by atoms with van der Waals surface area (Å²) in [5, 5.41) is 12.2. The lowest BCUT2D eigenvalue weighted by Crippen LogP contribution is -2.15. The molecule has 1 aromatic heterocycles. The Balaban J connectivity index is 1.70. The summed E-state index contributed by atoms with van der Waals surface area (Å²) in [5.41, 5.74) is 2.82. The predicted octanol–water partition coefficient (Wildman–Crippen LogP) is 4.39. The van der Waals surface area contributed by atoms with Crippen LogP contribution in [0.25, 0.3) is 11.4 Å². The number of methoxy groups -OCH3 is 1. The number of anilines is 1. The second-order valence-corrected chi connectivity index (χ2v) is 7.91. The highest BCUT2D eigenvalue weighted by atomic mass is 79.9. The van der Waals surface area contributed by atoms with Crippen molar-refractivity contribution in [3.05, 3.63) is 58.6 Å². The van der Waals surface area contributed by atoms with Gasteiger partial charge < -0.3 is 10.1 Å². The number of hydrogen-bond acceptors (Lipinski definition) is 5. The standard InChI is InChI=1S/C20H21BrN4O2S/c1-14-12-16(8-9-17(14)21)22-18(26)13-28-20-24-23-19(25(20)10-11-27-2)15-6-4-3-5-7-15/h3-9,12H,10-11,13H2,1-2H3,(H,22,26). The van der Waals surface area contributed by atoms with E-state index in [0.29, 0.717) is 18.3 Å². The van der Waals surface area contributed by atoms with Crippen LogP contribution in [0, 0.1) is 6.92 Å². The third-order valence-electron chi connectivity index (χ3n) is 4.04. The molecule has 28 heavy (non-hydrogen) atoms. The molecular weight excluding hydrogens is 440 g/mol. The lowest BCUT2D eigenvalue weighted by Gasteiger charge is -2.10. The topological polar surface area (TPSA) is 69.0 Å². The highest BCUT2D eigenvalue weighted by Gasteiger charge is 2.15. The number of aryl methyl sites for hydroxylation is 1. The minimum Gasteiger partial charge on any atom is -0.383 e. The van der Waals surface area contributed by atoms with Crippen molar-refractivity contribution in [3.8, 4) is 11.4 Å². The lowest BCUT2D eigenvalue weighted by atomic mass is 10.2. The number of amides is 1. The second kappa shape index (κ2) is 9.86. The second-order valence-electron chi connectivity index (χ2n) is 6.12. The van der Waals surface area contributed by atoms with E-state index < -0.39 is 0 Å². The lowest BCUT2D eigenvalue weighted by molar-refractivity contribution is -0.113. The van der Waals surface area contributed by atoms with Gasteiger partial charge in [0.15, 0.2) is 11.0 Å². The minimum atomic E-state index is -0.0886. The summed E-state index contributed by atoms with van der Waals surface area (Å²) in [5.74, 6) is 0.924. The number of ether oxygens (including phenoxy) is 1. The molecule has 146 valence electrons. The summed E-state index contributed by atoms with van der Waals surface area (Å²) in [6, 6.07) is 15.6. The highest BCUT2D eigenvalue weighted by molar-refractivity contribution is 9.10. The van der Waals surface area contributed by atoms with Gasteiger partial charge in [-0.2, -0.15) is 0 Å². The third kappa shape index (κ3) is 5.21. The minimum absolute atomic E-state index is 0.0886. The Morgan fingerprint density at radius 2 is 2.00 bits per heavy atom. The Morgan fingerprint density at radius 1 is 1.21 bits per heavy atom. The summed E-state index contributed by atoms with van der Waals surface area (Å²) in [4.78, 5) is 12.4. The number of nitrogens with zero attached hydrogens (tertiary/aromatic N) is 3. The maximum atomic E-state index is 12.4. The van der Waals surface area contributed by atoms with E-state index in [1.54, 1.807) is 7.11 Å². The first-order valence-electron chi connectivity index (χ1n) is 8.75. The molecule has 1 N–H and O–H groups in total. The van der Waals surface area contributed by atoms with Crippen molar-refractivity contribution >= 4 is 39.3 Å². The Morgan fingerprint density at radius 3 is 2.71 bits per heavy atom. The quantitative estimate of drug-likeness (QED) is 0.504. The zero-order valence-corrected chi connectivity index (χ0v) is 18.1. The SMILES string of the molecule is COCCn1c(SCC(=O)Nc2ccc(Br)c(C)c2)nnc1-c1ccccc1. The van der Waals surface area contributed by atoms with Crippen LogP contribution >= 0.6 is 27.7 Å². The number of aromatic nitrogens is 3. The zero-order valence-electron chi connectivity index (χ0n) is 15.7. The number of nitrogens with one attached hydrogen (secondary N) is 1. The molecular formula is C20H21BrN4O2S. The van der Waals surface area contributed by atoms with E-state index in [0.717, 1.165) is 27.1 Å². The van der Waals surface area contributed by atoms with Gasteiger partial charge in [-0.25, -0.2) is 0 Å². The van der Waals surface area contributed by atoms with E-state index in [1.807, 2.05) is 60.0 Å². The summed E-state index contributed by atoms with van der Waals surface area (Å²) in [6.07, 6.45) is 0. The van der Waals surface area contributed by atoms with Crippen molar-refractivity contribution in [2.75, 3.05) is 24.8 Å². The van der Waals surface area contributed by atoms with Crippen LogP contribution in [0.5, 0.6) is 0 Å². The van der Waals surface area contributed by atoms with E-state index in [4.69, 9.17) is 4.74 Å². The van der Waals surface area contributed by atoms with Crippen molar-refractivity contribution in [1.82, 2.24) is 14.8 Å². The Hall–Kier alpha value is -2.16. The number of halogens is 1. The Kier molecular flexibility index (Phi) is 7.24. The molecule has 3 aromatic rings. The van der Waals surface area contributed by atoms with E-state index in [-0.39, 0.29) is 11.7 Å². The molecule has 0 aliphatic carbocycles. The van der Waals surface area contributed by atoms with Crippen LogP contribution < -0.4 is 5.32 Å². The van der Waals surface area contributed by atoms with Crippen LogP contribution in [0.4, 0.5) is 5.69 Å². The third-order valence-corrected chi connectivity index (χ3v) is 5.90. The molecule has 0 unspecified atom stereocenters. The molecule has 3 rings (SSSR count). The van der Waals surface area contributed by atoms with Gasteiger partial charge in [-0.15, -0.1) is 10.2 Å². The fourth-order valence-corrected chi connectivity index (χ4v) is 3.64. The predicted molar refractivity (Wildman–Crippen MR) is 116 cm³/mol. The van der Waals surface area contributed by atoms with Gasteiger partial charge in [0, 0.05) is 22.8 Å². The number of carbonyl (C=O) groups excluding carboxylic acids is 1. The number of rotatable bonds is 8. The Labute approximate surface area is 176 Å². The van der Waals surface area contributed by atoms with Gasteiger partial charge in [0.2, 0.25) is 5.91 Å². The molecule has 0 saturated heterocycles. The molecule has 0 spiro atoms. The molecule has 2 aromatic carbocycles. The van der Waals surface area contributed by atoms with Crippen LogP contribution in [0.1, 0.15) is 5.56 Å². The van der Waals surface area contributed by atoms with Gasteiger partial charge in [0.25, 0.3) is 0 Å². The molecule has 0 aliphatic rings. The van der Waals surface area contributed by atoms with Crippen molar-refractivity contribution in [1.29, 1.82) is 0 Å². The summed E-state index contributed by atoms with van der Waals surface area (Å²) < 4.78 is 8.22. The molecule has 0 aliphatic heterocycles. The van der Waals surface area contributed by atoms with E-state index in [9.17, 15) is 4.79 Å². The maximum absolute atomic E-state index is 12.4. The smallest absolute Gasteiger partial charge is 0.234 e. The van der Waals surface area contributed by atoms with Crippen molar-refractivity contribution < 1.29 is 9.53 Å². The molecule has 1 amide bonds. The first-order chi connectivity index (χ1) is 13.6. The Bertz CT molecular complexity index is 947. The largest absolute Gasteiger partial charge is 0.383 e. The molecule has 0 atom stereocenters. The zero-order chi connectivity index (χ0) is 19.9.